The van der Waals surface area contributed by atoms with Crippen LogP contribution in [0.25, 0.3) is 0 Å². The SMILES string of the molecule is CCC1(CC)C(=O)NC(C2CC2)C(=O)N1CCCCOC. The summed E-state index contributed by atoms with van der Waals surface area (Å²) in [5.41, 5.74) is -0.657. The van der Waals surface area contributed by atoms with Crippen molar-refractivity contribution < 1.29 is 14.3 Å². The summed E-state index contributed by atoms with van der Waals surface area (Å²) in [6, 6.07) is -0.286. The van der Waals surface area contributed by atoms with Gasteiger partial charge in [0.1, 0.15) is 11.6 Å². The van der Waals surface area contributed by atoms with E-state index in [4.69, 9.17) is 4.74 Å². The highest BCUT2D eigenvalue weighted by molar-refractivity contribution is 6.00. The second-order valence-corrected chi connectivity index (χ2v) is 6.22. The summed E-state index contributed by atoms with van der Waals surface area (Å²) < 4.78 is 5.07. The van der Waals surface area contributed by atoms with Gasteiger partial charge in [-0.25, -0.2) is 0 Å². The summed E-state index contributed by atoms with van der Waals surface area (Å²) in [5.74, 6) is 0.517. The molecule has 21 heavy (non-hydrogen) atoms. The van der Waals surface area contributed by atoms with E-state index in [1.807, 2.05) is 18.7 Å². The van der Waals surface area contributed by atoms with Crippen LogP contribution in [0.4, 0.5) is 0 Å². The van der Waals surface area contributed by atoms with Crippen LogP contribution in [-0.2, 0) is 14.3 Å². The molecule has 1 unspecified atom stereocenters. The molecule has 1 aliphatic carbocycles. The number of amides is 2. The third kappa shape index (κ3) is 3.07. The Bertz CT molecular complexity index is 389. The van der Waals surface area contributed by atoms with Gasteiger partial charge in [-0.15, -0.1) is 0 Å². The quantitative estimate of drug-likeness (QED) is 0.694. The van der Waals surface area contributed by atoms with E-state index in [2.05, 4.69) is 5.32 Å². The Balaban J connectivity index is 2.13. The lowest BCUT2D eigenvalue weighted by Crippen LogP contribution is -2.70. The van der Waals surface area contributed by atoms with Gasteiger partial charge in [0.05, 0.1) is 0 Å². The third-order valence-electron chi connectivity index (χ3n) is 5.00. The minimum atomic E-state index is -0.657. The number of nitrogens with one attached hydrogen (secondary N) is 1. The van der Waals surface area contributed by atoms with Crippen molar-refractivity contribution in [1.29, 1.82) is 0 Å². The fraction of sp³-hybridized carbons (Fsp3) is 0.875. The molecule has 5 nitrogen and oxygen atoms in total. The predicted molar refractivity (Wildman–Crippen MR) is 80.8 cm³/mol. The van der Waals surface area contributed by atoms with Gasteiger partial charge in [-0.05, 0) is 44.4 Å². The monoisotopic (exact) mass is 296 g/mol. The number of piperazine rings is 1. The van der Waals surface area contributed by atoms with Crippen LogP contribution in [0.5, 0.6) is 0 Å². The van der Waals surface area contributed by atoms with Crippen LogP contribution in [0.1, 0.15) is 52.4 Å². The molecule has 2 fully saturated rings. The van der Waals surface area contributed by atoms with Crippen LogP contribution in [0, 0.1) is 5.92 Å². The van der Waals surface area contributed by atoms with E-state index in [1.165, 1.54) is 0 Å². The van der Waals surface area contributed by atoms with Gasteiger partial charge >= 0.3 is 0 Å². The van der Waals surface area contributed by atoms with Gasteiger partial charge in [-0.2, -0.15) is 0 Å². The predicted octanol–water partition coefficient (Wildman–Crippen LogP) is 1.71. The van der Waals surface area contributed by atoms with Gasteiger partial charge in [-0.3, -0.25) is 9.59 Å². The Morgan fingerprint density at radius 3 is 2.43 bits per heavy atom. The summed E-state index contributed by atoms with van der Waals surface area (Å²) in [5, 5.41) is 3.00. The number of rotatable bonds is 8. The normalized spacial score (nSPS) is 25.1. The topological polar surface area (TPSA) is 58.6 Å². The van der Waals surface area contributed by atoms with Gasteiger partial charge in [0.15, 0.2) is 0 Å². The Labute approximate surface area is 127 Å². The Hall–Kier alpha value is -1.10. The summed E-state index contributed by atoms with van der Waals surface area (Å²) in [7, 11) is 1.69. The number of carbonyl (C=O) groups excluding carboxylic acids is 2. The third-order valence-corrected chi connectivity index (χ3v) is 5.00. The average molecular weight is 296 g/mol. The number of hydrogen-bond acceptors (Lipinski definition) is 3. The molecule has 1 N–H and O–H groups in total. The summed E-state index contributed by atoms with van der Waals surface area (Å²) in [6.07, 6.45) is 5.25. The Kier molecular flexibility index (Phi) is 5.25. The summed E-state index contributed by atoms with van der Waals surface area (Å²) in [6.45, 7) is 5.35. The lowest BCUT2D eigenvalue weighted by atomic mass is 9.85. The molecule has 0 bridgehead atoms. The lowest BCUT2D eigenvalue weighted by molar-refractivity contribution is -0.159. The highest BCUT2D eigenvalue weighted by Gasteiger charge is 2.53. The standard InChI is InChI=1S/C16H28N2O3/c1-4-16(5-2)15(20)17-13(12-8-9-12)14(19)18(16)10-6-7-11-21-3/h12-13H,4-11H2,1-3H3,(H,17,20). The zero-order valence-electron chi connectivity index (χ0n) is 13.5. The molecule has 0 aromatic rings. The average Bonchev–Trinajstić information content (AvgIpc) is 3.31. The van der Waals surface area contributed by atoms with Crippen molar-refractivity contribution in [3.8, 4) is 0 Å². The van der Waals surface area contributed by atoms with Gasteiger partial charge in [0, 0.05) is 20.3 Å². The molecule has 5 heteroatoms. The molecule has 0 spiro atoms. The number of nitrogens with zero attached hydrogens (tertiary/aromatic N) is 1. The fourth-order valence-corrected chi connectivity index (χ4v) is 3.38. The number of methoxy groups -OCH3 is 1. The smallest absolute Gasteiger partial charge is 0.246 e. The number of carbonyl (C=O) groups is 2. The van der Waals surface area contributed by atoms with E-state index >= 15 is 0 Å². The first-order chi connectivity index (χ1) is 10.1. The van der Waals surface area contributed by atoms with E-state index in [0.717, 1.165) is 25.7 Å². The molecule has 2 aliphatic rings. The van der Waals surface area contributed by atoms with Crippen LogP contribution < -0.4 is 5.32 Å². The Morgan fingerprint density at radius 2 is 1.90 bits per heavy atom. The maximum atomic E-state index is 12.8. The minimum Gasteiger partial charge on any atom is -0.385 e. The van der Waals surface area contributed by atoms with Crippen molar-refractivity contribution in [2.45, 2.75) is 64.0 Å². The molecule has 1 aliphatic heterocycles. The van der Waals surface area contributed by atoms with E-state index in [9.17, 15) is 9.59 Å². The van der Waals surface area contributed by atoms with Crippen molar-refractivity contribution in [3.05, 3.63) is 0 Å². The second kappa shape index (κ2) is 6.77. The second-order valence-electron chi connectivity index (χ2n) is 6.22. The van der Waals surface area contributed by atoms with Crippen molar-refractivity contribution in [2.75, 3.05) is 20.3 Å². The molecular weight excluding hydrogens is 268 g/mol. The molecule has 0 aromatic heterocycles. The van der Waals surface area contributed by atoms with Gasteiger partial charge in [0.2, 0.25) is 11.8 Å². The van der Waals surface area contributed by atoms with E-state index < -0.39 is 5.54 Å². The van der Waals surface area contributed by atoms with Gasteiger partial charge in [0.25, 0.3) is 0 Å². The van der Waals surface area contributed by atoms with E-state index in [1.54, 1.807) is 7.11 Å². The van der Waals surface area contributed by atoms with Crippen LogP contribution in [0.15, 0.2) is 0 Å². The zero-order valence-corrected chi connectivity index (χ0v) is 13.5. The van der Waals surface area contributed by atoms with E-state index in [0.29, 0.717) is 31.9 Å². The molecular formula is C16H28N2O3. The zero-order chi connectivity index (χ0) is 15.5. The van der Waals surface area contributed by atoms with Crippen molar-refractivity contribution in [3.63, 3.8) is 0 Å². The molecule has 2 rings (SSSR count). The molecule has 1 saturated carbocycles. The molecule has 1 heterocycles. The van der Waals surface area contributed by atoms with Crippen LogP contribution in [-0.4, -0.2) is 48.6 Å². The molecule has 0 radical (unpaired) electrons. The highest BCUT2D eigenvalue weighted by Crippen LogP contribution is 2.38. The molecule has 120 valence electrons. The number of unbranched alkanes of at least 4 members (excludes halogenated alkanes) is 1. The van der Waals surface area contributed by atoms with Gasteiger partial charge < -0.3 is 15.0 Å². The van der Waals surface area contributed by atoms with Crippen molar-refractivity contribution in [1.82, 2.24) is 10.2 Å². The largest absolute Gasteiger partial charge is 0.385 e. The maximum Gasteiger partial charge on any atom is 0.246 e. The number of ether oxygens (including phenoxy) is 1. The highest BCUT2D eigenvalue weighted by atomic mass is 16.5. The van der Waals surface area contributed by atoms with Crippen LogP contribution in [0.2, 0.25) is 0 Å². The first-order valence-electron chi connectivity index (χ1n) is 8.22. The first-order valence-corrected chi connectivity index (χ1v) is 8.22. The molecule has 0 aromatic carbocycles. The number of hydrogen-bond donors (Lipinski definition) is 1. The minimum absolute atomic E-state index is 0.0377. The molecule has 1 atom stereocenters. The van der Waals surface area contributed by atoms with Gasteiger partial charge in [-0.1, -0.05) is 13.8 Å². The van der Waals surface area contributed by atoms with Crippen LogP contribution >= 0.6 is 0 Å². The Morgan fingerprint density at radius 1 is 1.24 bits per heavy atom. The molecule has 1 saturated heterocycles. The first kappa shape index (κ1) is 16.3. The fourth-order valence-electron chi connectivity index (χ4n) is 3.38. The van der Waals surface area contributed by atoms with Crippen molar-refractivity contribution in [2.24, 2.45) is 5.92 Å². The molecule has 2 amide bonds. The van der Waals surface area contributed by atoms with E-state index in [-0.39, 0.29) is 17.9 Å². The summed E-state index contributed by atoms with van der Waals surface area (Å²) in [4.78, 5) is 27.3. The summed E-state index contributed by atoms with van der Waals surface area (Å²) >= 11 is 0. The maximum absolute atomic E-state index is 12.8. The lowest BCUT2D eigenvalue weighted by Gasteiger charge is -2.48. The van der Waals surface area contributed by atoms with Crippen LogP contribution in [0.3, 0.4) is 0 Å². The van der Waals surface area contributed by atoms with Crippen molar-refractivity contribution >= 4 is 11.8 Å².